The number of hydrogen-bond donors (Lipinski definition) is 1. The molecule has 0 fully saturated rings. The second-order valence-electron chi connectivity index (χ2n) is 4.14. The maximum atomic E-state index is 13.5. The van der Waals surface area contributed by atoms with Gasteiger partial charge in [0.25, 0.3) is 0 Å². The van der Waals surface area contributed by atoms with Crippen molar-refractivity contribution in [2.24, 2.45) is 0 Å². The zero-order valence-electron chi connectivity index (χ0n) is 10.4. The number of aryl methyl sites for hydroxylation is 2. The lowest BCUT2D eigenvalue weighted by molar-refractivity contribution is -0.116. The van der Waals surface area contributed by atoms with Gasteiger partial charge in [-0.2, -0.15) is 5.10 Å². The van der Waals surface area contributed by atoms with E-state index in [-0.39, 0.29) is 18.0 Å². The Morgan fingerprint density at radius 2 is 2.26 bits per heavy atom. The van der Waals surface area contributed by atoms with Gasteiger partial charge in [-0.1, -0.05) is 11.6 Å². The number of hydrogen-bond acceptors (Lipinski definition) is 2. The maximum absolute atomic E-state index is 13.5. The Morgan fingerprint density at radius 1 is 1.47 bits per heavy atom. The molecule has 1 aromatic heterocycles. The standard InChI is InChI=1S/C13H13ClFN3O/c1-9-4-6-18(17-9)7-5-13(19)16-12-3-2-10(14)8-11(12)15/h2-4,6,8H,5,7H2,1H3,(H,16,19). The number of rotatable bonds is 4. The van der Waals surface area contributed by atoms with Gasteiger partial charge in [-0.25, -0.2) is 4.39 Å². The van der Waals surface area contributed by atoms with Gasteiger partial charge in [-0.15, -0.1) is 0 Å². The summed E-state index contributed by atoms with van der Waals surface area (Å²) in [5.74, 6) is -0.815. The third-order valence-electron chi connectivity index (χ3n) is 2.55. The van der Waals surface area contributed by atoms with Gasteiger partial charge in [0.2, 0.25) is 5.91 Å². The van der Waals surface area contributed by atoms with Crippen LogP contribution in [0.1, 0.15) is 12.1 Å². The number of halogens is 2. The first kappa shape index (κ1) is 13.5. The molecule has 1 amide bonds. The molecule has 2 rings (SSSR count). The molecule has 0 atom stereocenters. The summed E-state index contributed by atoms with van der Waals surface area (Å²) < 4.78 is 15.1. The molecule has 1 aromatic carbocycles. The molecule has 0 aliphatic heterocycles. The summed E-state index contributed by atoms with van der Waals surface area (Å²) in [7, 11) is 0. The number of aromatic nitrogens is 2. The summed E-state index contributed by atoms with van der Waals surface area (Å²) in [6, 6.07) is 5.98. The van der Waals surface area contributed by atoms with Crippen LogP contribution in [0.25, 0.3) is 0 Å². The van der Waals surface area contributed by atoms with Crippen molar-refractivity contribution >= 4 is 23.2 Å². The maximum Gasteiger partial charge on any atom is 0.226 e. The van der Waals surface area contributed by atoms with Gasteiger partial charge in [0.15, 0.2) is 0 Å². The van der Waals surface area contributed by atoms with Gasteiger partial charge in [0, 0.05) is 24.2 Å². The predicted molar refractivity (Wildman–Crippen MR) is 71.6 cm³/mol. The molecule has 0 radical (unpaired) electrons. The minimum atomic E-state index is -0.546. The molecule has 100 valence electrons. The van der Waals surface area contributed by atoms with Crippen molar-refractivity contribution in [3.05, 3.63) is 47.0 Å². The van der Waals surface area contributed by atoms with Crippen LogP contribution in [0, 0.1) is 12.7 Å². The first-order valence-corrected chi connectivity index (χ1v) is 6.17. The molecule has 4 nitrogen and oxygen atoms in total. The van der Waals surface area contributed by atoms with E-state index in [2.05, 4.69) is 10.4 Å². The molecule has 0 bridgehead atoms. The quantitative estimate of drug-likeness (QED) is 0.936. The van der Waals surface area contributed by atoms with Gasteiger partial charge in [0.1, 0.15) is 5.82 Å². The molecule has 0 saturated carbocycles. The number of nitrogens with zero attached hydrogens (tertiary/aromatic N) is 2. The summed E-state index contributed by atoms with van der Waals surface area (Å²) >= 11 is 5.63. The molecule has 0 aliphatic rings. The van der Waals surface area contributed by atoms with Gasteiger partial charge < -0.3 is 5.32 Å². The van der Waals surface area contributed by atoms with Gasteiger partial charge in [0.05, 0.1) is 11.4 Å². The summed E-state index contributed by atoms with van der Waals surface area (Å²) in [5.41, 5.74) is 1.02. The van der Waals surface area contributed by atoms with Crippen molar-refractivity contribution in [3.8, 4) is 0 Å². The number of nitrogens with one attached hydrogen (secondary N) is 1. The molecule has 0 unspecified atom stereocenters. The average Bonchev–Trinajstić information content (AvgIpc) is 2.76. The van der Waals surface area contributed by atoms with Crippen molar-refractivity contribution in [1.82, 2.24) is 9.78 Å². The summed E-state index contributed by atoms with van der Waals surface area (Å²) in [5, 5.41) is 6.96. The Bertz CT molecular complexity index is 597. The highest BCUT2D eigenvalue weighted by atomic mass is 35.5. The first-order valence-electron chi connectivity index (χ1n) is 5.79. The number of benzene rings is 1. The highest BCUT2D eigenvalue weighted by molar-refractivity contribution is 6.30. The van der Waals surface area contributed by atoms with Gasteiger partial charge in [-0.05, 0) is 31.2 Å². The van der Waals surface area contributed by atoms with Gasteiger partial charge >= 0.3 is 0 Å². The van der Waals surface area contributed by atoms with Crippen LogP contribution >= 0.6 is 11.6 Å². The normalized spacial score (nSPS) is 10.5. The molecule has 0 aliphatic carbocycles. The van der Waals surface area contributed by atoms with Crippen LogP contribution in [-0.2, 0) is 11.3 Å². The van der Waals surface area contributed by atoms with E-state index in [1.807, 2.05) is 13.0 Å². The van der Waals surface area contributed by atoms with E-state index >= 15 is 0 Å². The molecule has 2 aromatic rings. The fourth-order valence-corrected chi connectivity index (χ4v) is 1.77. The summed E-state index contributed by atoms with van der Waals surface area (Å²) in [6.45, 7) is 2.33. The zero-order chi connectivity index (χ0) is 13.8. The highest BCUT2D eigenvalue weighted by Crippen LogP contribution is 2.18. The number of amides is 1. The predicted octanol–water partition coefficient (Wildman–Crippen LogP) is 3.01. The molecule has 19 heavy (non-hydrogen) atoms. The fourth-order valence-electron chi connectivity index (χ4n) is 1.61. The SMILES string of the molecule is Cc1ccn(CCC(=O)Nc2ccc(Cl)cc2F)n1. The smallest absolute Gasteiger partial charge is 0.226 e. The van der Waals surface area contributed by atoms with E-state index in [0.29, 0.717) is 11.6 Å². The van der Waals surface area contributed by atoms with Crippen molar-refractivity contribution in [2.75, 3.05) is 5.32 Å². The Kier molecular flexibility index (Phi) is 4.16. The third kappa shape index (κ3) is 3.79. The van der Waals surface area contributed by atoms with Crippen LogP contribution < -0.4 is 5.32 Å². The Morgan fingerprint density at radius 3 is 2.89 bits per heavy atom. The van der Waals surface area contributed by atoms with Crippen LogP contribution in [0.5, 0.6) is 0 Å². The minimum Gasteiger partial charge on any atom is -0.324 e. The summed E-state index contributed by atoms with van der Waals surface area (Å²) in [6.07, 6.45) is 2.02. The molecule has 1 N–H and O–H groups in total. The van der Waals surface area contributed by atoms with Crippen LogP contribution in [0.4, 0.5) is 10.1 Å². The van der Waals surface area contributed by atoms with E-state index < -0.39 is 5.82 Å². The molecular formula is C13H13ClFN3O. The Hall–Kier alpha value is -1.88. The number of carbonyl (C=O) groups is 1. The fraction of sp³-hybridized carbons (Fsp3) is 0.231. The topological polar surface area (TPSA) is 46.9 Å². The van der Waals surface area contributed by atoms with Crippen LogP contribution in [-0.4, -0.2) is 15.7 Å². The van der Waals surface area contributed by atoms with Crippen LogP contribution in [0.15, 0.2) is 30.5 Å². The first-order chi connectivity index (χ1) is 9.04. The molecule has 0 spiro atoms. The Balaban J connectivity index is 1.90. The molecular weight excluding hydrogens is 269 g/mol. The van der Waals surface area contributed by atoms with E-state index in [9.17, 15) is 9.18 Å². The van der Waals surface area contributed by atoms with Crippen LogP contribution in [0.2, 0.25) is 5.02 Å². The lowest BCUT2D eigenvalue weighted by Gasteiger charge is -2.06. The van der Waals surface area contributed by atoms with Crippen molar-refractivity contribution in [2.45, 2.75) is 19.9 Å². The minimum absolute atomic E-state index is 0.131. The van der Waals surface area contributed by atoms with Crippen molar-refractivity contribution in [1.29, 1.82) is 0 Å². The molecule has 6 heteroatoms. The lowest BCUT2D eigenvalue weighted by atomic mass is 10.3. The highest BCUT2D eigenvalue weighted by Gasteiger charge is 2.07. The van der Waals surface area contributed by atoms with E-state index in [1.54, 1.807) is 10.9 Å². The molecule has 1 heterocycles. The van der Waals surface area contributed by atoms with Gasteiger partial charge in [-0.3, -0.25) is 9.48 Å². The van der Waals surface area contributed by atoms with Crippen molar-refractivity contribution in [3.63, 3.8) is 0 Å². The summed E-state index contributed by atoms with van der Waals surface area (Å²) in [4.78, 5) is 11.7. The average molecular weight is 282 g/mol. The third-order valence-corrected chi connectivity index (χ3v) is 2.78. The van der Waals surface area contributed by atoms with E-state index in [1.165, 1.54) is 12.1 Å². The Labute approximate surface area is 115 Å². The second-order valence-corrected chi connectivity index (χ2v) is 4.58. The molecule has 0 saturated heterocycles. The lowest BCUT2D eigenvalue weighted by Crippen LogP contribution is -2.15. The van der Waals surface area contributed by atoms with Crippen LogP contribution in [0.3, 0.4) is 0 Å². The monoisotopic (exact) mass is 281 g/mol. The second kappa shape index (κ2) is 5.84. The van der Waals surface area contributed by atoms with E-state index in [4.69, 9.17) is 11.6 Å². The van der Waals surface area contributed by atoms with Crippen molar-refractivity contribution < 1.29 is 9.18 Å². The number of anilines is 1. The number of carbonyl (C=O) groups excluding carboxylic acids is 1. The largest absolute Gasteiger partial charge is 0.324 e. The van der Waals surface area contributed by atoms with E-state index in [0.717, 1.165) is 11.8 Å². The zero-order valence-corrected chi connectivity index (χ0v) is 11.1.